The molecule has 0 saturated carbocycles. The van der Waals surface area contributed by atoms with Gasteiger partial charge in [-0.3, -0.25) is 4.79 Å². The molecule has 0 fully saturated rings. The molecule has 1 heterocycles. The predicted molar refractivity (Wildman–Crippen MR) is 81.8 cm³/mol. The maximum atomic E-state index is 11.9. The number of oxime groups is 1. The van der Waals surface area contributed by atoms with Gasteiger partial charge in [0.1, 0.15) is 5.75 Å². The Labute approximate surface area is 132 Å². The van der Waals surface area contributed by atoms with Crippen LogP contribution < -0.4 is 9.97 Å². The summed E-state index contributed by atoms with van der Waals surface area (Å²) in [5.74, 6) is -2.01. The zero-order valence-electron chi connectivity index (χ0n) is 12.5. The van der Waals surface area contributed by atoms with Crippen LogP contribution >= 0.6 is 0 Å². The molecule has 1 amide bonds. The van der Waals surface area contributed by atoms with E-state index in [1.807, 2.05) is 0 Å². The molecule has 0 spiro atoms. The molecule has 1 aromatic rings. The van der Waals surface area contributed by atoms with Gasteiger partial charge in [-0.1, -0.05) is 17.3 Å². The van der Waals surface area contributed by atoms with E-state index in [2.05, 4.69) is 10.5 Å². The highest BCUT2D eigenvalue weighted by Crippen LogP contribution is 2.30. The fourth-order valence-corrected chi connectivity index (χ4v) is 2.34. The lowest BCUT2D eigenvalue weighted by Gasteiger charge is -2.28. The summed E-state index contributed by atoms with van der Waals surface area (Å²) in [5, 5.41) is 33.3. The van der Waals surface area contributed by atoms with Crippen LogP contribution in [0.3, 0.4) is 0 Å². The van der Waals surface area contributed by atoms with Crippen molar-refractivity contribution < 1.29 is 29.6 Å². The normalized spacial score (nSPS) is 17.2. The minimum Gasteiger partial charge on any atom is -0.534 e. The van der Waals surface area contributed by atoms with Crippen LogP contribution in [-0.2, 0) is 11.2 Å². The lowest BCUT2D eigenvalue weighted by atomic mass is 9.72. The van der Waals surface area contributed by atoms with Gasteiger partial charge in [0.05, 0.1) is 17.2 Å². The van der Waals surface area contributed by atoms with Crippen molar-refractivity contribution in [2.45, 2.75) is 32.1 Å². The third-order valence-electron chi connectivity index (χ3n) is 3.58. The minimum atomic E-state index is -1.33. The van der Waals surface area contributed by atoms with Gasteiger partial charge in [0.15, 0.2) is 0 Å². The Kier molecular flexibility index (Phi) is 5.22. The van der Waals surface area contributed by atoms with E-state index in [1.165, 1.54) is 6.07 Å². The van der Waals surface area contributed by atoms with E-state index in [-0.39, 0.29) is 30.1 Å². The molecule has 0 aliphatic carbocycles. The third-order valence-corrected chi connectivity index (χ3v) is 3.58. The summed E-state index contributed by atoms with van der Waals surface area (Å²) < 4.78 is 5.28. The Bertz CT molecular complexity index is 648. The van der Waals surface area contributed by atoms with Gasteiger partial charge in [0.25, 0.3) is 0 Å². The molecular formula is C14H17BN2O6. The smallest absolute Gasteiger partial charge is 0.534 e. The third kappa shape index (κ3) is 4.01. The number of hydrogen-bond acceptors (Lipinski definition) is 6. The largest absolute Gasteiger partial charge is 0.547 e. The van der Waals surface area contributed by atoms with Crippen LogP contribution in [-0.4, -0.2) is 46.0 Å². The van der Waals surface area contributed by atoms with E-state index in [0.29, 0.717) is 17.7 Å². The predicted octanol–water partition coefficient (Wildman–Crippen LogP) is 0.454. The van der Waals surface area contributed by atoms with E-state index >= 15 is 0 Å². The van der Waals surface area contributed by atoms with E-state index in [9.17, 15) is 14.6 Å². The molecule has 122 valence electrons. The van der Waals surface area contributed by atoms with Crippen LogP contribution in [0.1, 0.15) is 35.7 Å². The van der Waals surface area contributed by atoms with E-state index in [1.54, 1.807) is 19.1 Å². The van der Waals surface area contributed by atoms with Crippen LogP contribution in [0.25, 0.3) is 0 Å². The molecule has 0 saturated heterocycles. The fraction of sp³-hybridized carbons (Fsp3) is 0.357. The maximum Gasteiger partial charge on any atom is 0.547 e. The number of hydrogen-bond donors (Lipinski definition) is 4. The molecule has 0 aromatic heterocycles. The number of amides is 1. The van der Waals surface area contributed by atoms with E-state index in [4.69, 9.17) is 15.0 Å². The Balaban J connectivity index is 2.06. The van der Waals surface area contributed by atoms with Crippen LogP contribution in [0.4, 0.5) is 0 Å². The highest BCUT2D eigenvalue weighted by atomic mass is 16.5. The first-order valence-corrected chi connectivity index (χ1v) is 7.09. The maximum absolute atomic E-state index is 11.9. The van der Waals surface area contributed by atoms with Crippen molar-refractivity contribution in [2.24, 2.45) is 5.16 Å². The van der Waals surface area contributed by atoms with Crippen molar-refractivity contribution in [1.29, 1.82) is 0 Å². The number of para-hydroxylation sites is 1. The summed E-state index contributed by atoms with van der Waals surface area (Å²) in [6.45, 7) is 1.59. The summed E-state index contributed by atoms with van der Waals surface area (Å²) in [5.41, 5.74) is 1.01. The fourth-order valence-electron chi connectivity index (χ4n) is 2.34. The van der Waals surface area contributed by atoms with Gasteiger partial charge < -0.3 is 25.3 Å². The Morgan fingerprint density at radius 2 is 2.17 bits per heavy atom. The molecule has 1 aliphatic rings. The van der Waals surface area contributed by atoms with Crippen molar-refractivity contribution >= 4 is 24.7 Å². The van der Waals surface area contributed by atoms with Gasteiger partial charge >= 0.3 is 13.1 Å². The molecule has 23 heavy (non-hydrogen) atoms. The SMILES string of the molecule is CC(CCC(=O)NC1Cc2cccc(C(=O)O)c2OB1O)=NO. The number of carboxylic acids is 1. The van der Waals surface area contributed by atoms with Gasteiger partial charge in [-0.2, -0.15) is 0 Å². The zero-order valence-corrected chi connectivity index (χ0v) is 12.5. The number of carboxylic acid groups (broad SMARTS) is 1. The number of carbonyl (C=O) groups is 2. The van der Waals surface area contributed by atoms with Gasteiger partial charge in [0, 0.05) is 6.42 Å². The van der Waals surface area contributed by atoms with Crippen molar-refractivity contribution in [3.05, 3.63) is 29.3 Å². The number of aromatic carboxylic acids is 1. The topological polar surface area (TPSA) is 128 Å². The molecule has 1 atom stereocenters. The van der Waals surface area contributed by atoms with Crippen molar-refractivity contribution in [3.8, 4) is 5.75 Å². The van der Waals surface area contributed by atoms with E-state index in [0.717, 1.165) is 0 Å². The molecule has 0 radical (unpaired) electrons. The molecule has 4 N–H and O–H groups in total. The first kappa shape index (κ1) is 16.8. The van der Waals surface area contributed by atoms with Crippen molar-refractivity contribution in [1.82, 2.24) is 5.32 Å². The minimum absolute atomic E-state index is 0.0268. The molecule has 1 aromatic carbocycles. The van der Waals surface area contributed by atoms with Crippen LogP contribution in [0.2, 0.25) is 0 Å². The van der Waals surface area contributed by atoms with Crippen LogP contribution in [0.15, 0.2) is 23.4 Å². The number of carbonyl (C=O) groups excluding carboxylic acids is 1. The second-order valence-corrected chi connectivity index (χ2v) is 5.32. The summed E-state index contributed by atoms with van der Waals surface area (Å²) in [6, 6.07) is 4.67. The average molecular weight is 320 g/mol. The molecule has 0 bridgehead atoms. The number of nitrogens with one attached hydrogen (secondary N) is 1. The average Bonchev–Trinajstić information content (AvgIpc) is 2.52. The van der Waals surface area contributed by atoms with Crippen LogP contribution in [0, 0.1) is 0 Å². The Hall–Kier alpha value is -2.55. The van der Waals surface area contributed by atoms with Crippen molar-refractivity contribution in [2.75, 3.05) is 0 Å². The van der Waals surface area contributed by atoms with Crippen molar-refractivity contribution in [3.63, 3.8) is 0 Å². The number of fused-ring (bicyclic) bond motifs is 1. The second-order valence-electron chi connectivity index (χ2n) is 5.32. The van der Waals surface area contributed by atoms with Gasteiger partial charge in [-0.15, -0.1) is 0 Å². The second kappa shape index (κ2) is 7.14. The molecule has 2 rings (SSSR count). The molecule has 9 heteroatoms. The highest BCUT2D eigenvalue weighted by molar-refractivity contribution is 6.47. The van der Waals surface area contributed by atoms with Gasteiger partial charge in [-0.05, 0) is 31.4 Å². The van der Waals surface area contributed by atoms with Gasteiger partial charge in [-0.25, -0.2) is 4.79 Å². The summed E-state index contributed by atoms with van der Waals surface area (Å²) in [4.78, 5) is 23.0. The lowest BCUT2D eigenvalue weighted by Crippen LogP contribution is -2.53. The molecule has 1 unspecified atom stereocenters. The zero-order chi connectivity index (χ0) is 17.0. The monoisotopic (exact) mass is 320 g/mol. The Morgan fingerprint density at radius 1 is 1.43 bits per heavy atom. The molecular weight excluding hydrogens is 303 g/mol. The summed E-state index contributed by atoms with van der Waals surface area (Å²) >= 11 is 0. The standard InChI is InChI=1S/C14H17BN2O6/c1-8(17-22)5-6-12(18)16-11-7-9-3-2-4-10(14(19)20)13(9)23-15(11)21/h2-4,11,21-22H,5-7H2,1H3,(H,16,18)(H,19,20). The first-order chi connectivity index (χ1) is 10.9. The number of rotatable bonds is 5. The summed E-state index contributed by atoms with van der Waals surface area (Å²) in [7, 11) is -1.33. The van der Waals surface area contributed by atoms with E-state index < -0.39 is 19.0 Å². The van der Waals surface area contributed by atoms with Crippen LogP contribution in [0.5, 0.6) is 5.75 Å². The van der Waals surface area contributed by atoms with Gasteiger partial charge in [0.2, 0.25) is 5.91 Å². The number of nitrogens with zero attached hydrogens (tertiary/aromatic N) is 1. The summed E-state index contributed by atoms with van der Waals surface area (Å²) in [6.07, 6.45) is 0.670. The Morgan fingerprint density at radius 3 is 2.83 bits per heavy atom. The lowest BCUT2D eigenvalue weighted by molar-refractivity contribution is -0.121. The highest BCUT2D eigenvalue weighted by Gasteiger charge is 2.37. The molecule has 8 nitrogen and oxygen atoms in total. The molecule has 1 aliphatic heterocycles. The first-order valence-electron chi connectivity index (χ1n) is 7.09. The number of benzene rings is 1. The quantitative estimate of drug-likeness (QED) is 0.270.